The van der Waals surface area contributed by atoms with Crippen LogP contribution < -0.4 is 0 Å². The summed E-state index contributed by atoms with van der Waals surface area (Å²) in [6, 6.07) is 0. The molecule has 0 fully saturated rings. The molecule has 63 valence electrons. The monoisotopic (exact) mass is 346 g/mol. The Morgan fingerprint density at radius 2 is 2.09 bits per heavy atom. The average molecular weight is 346 g/mol. The maximum Gasteiger partial charge on any atom is 0.00924 e. The molecule has 0 spiro atoms. The first-order valence-electron chi connectivity index (χ1n) is 2.85. The molecular formula is C8H9ClFRe-. The van der Waals surface area contributed by atoms with Crippen LogP contribution >= 0.6 is 11.6 Å². The van der Waals surface area contributed by atoms with E-state index >= 15 is 0 Å². The first kappa shape index (κ1) is 13.7. The van der Waals surface area contributed by atoms with Gasteiger partial charge in [0.25, 0.3) is 0 Å². The normalized spacial score (nSPS) is 12.4. The quantitative estimate of drug-likeness (QED) is 0.532. The van der Waals surface area contributed by atoms with Crippen molar-refractivity contribution in [3.8, 4) is 0 Å². The Labute approximate surface area is 85.5 Å². The van der Waals surface area contributed by atoms with Crippen LogP contribution in [0.2, 0.25) is 0 Å². The van der Waals surface area contributed by atoms with Crippen LogP contribution in [0.5, 0.6) is 0 Å². The number of hydrogen-bond donors (Lipinski definition) is 0. The van der Waals surface area contributed by atoms with E-state index < -0.39 is 5.83 Å². The Kier molecular flexibility index (Phi) is 8.44. The van der Waals surface area contributed by atoms with Crippen LogP contribution in [0.25, 0.3) is 0 Å². The summed E-state index contributed by atoms with van der Waals surface area (Å²) in [5.74, 6) is -0.465. The molecule has 0 saturated carbocycles. The topological polar surface area (TPSA) is 0 Å². The van der Waals surface area contributed by atoms with E-state index in [1.54, 1.807) is 13.8 Å². The van der Waals surface area contributed by atoms with E-state index in [-0.39, 0.29) is 25.5 Å². The van der Waals surface area contributed by atoms with Crippen molar-refractivity contribution in [2.75, 3.05) is 0 Å². The summed E-state index contributed by atoms with van der Waals surface area (Å²) in [7, 11) is 0. The van der Waals surface area contributed by atoms with Gasteiger partial charge in [0.15, 0.2) is 0 Å². The zero-order chi connectivity index (χ0) is 8.15. The minimum atomic E-state index is -0.465. The second kappa shape index (κ2) is 6.79. The molecule has 0 nitrogen and oxygen atoms in total. The van der Waals surface area contributed by atoms with Gasteiger partial charge in [-0.2, -0.15) is 0 Å². The average Bonchev–Trinajstić information content (AvgIpc) is 1.87. The van der Waals surface area contributed by atoms with Crippen molar-refractivity contribution in [3.63, 3.8) is 0 Å². The molecule has 11 heavy (non-hydrogen) atoms. The summed E-state index contributed by atoms with van der Waals surface area (Å²) in [5, 5.41) is 0.232. The first-order chi connectivity index (χ1) is 4.57. The van der Waals surface area contributed by atoms with E-state index in [2.05, 4.69) is 12.7 Å². The van der Waals surface area contributed by atoms with Crippen molar-refractivity contribution in [3.05, 3.63) is 35.2 Å². The predicted octanol–water partition coefficient (Wildman–Crippen LogP) is 3.36. The third-order valence-corrected chi connectivity index (χ3v) is 1.27. The second-order valence-electron chi connectivity index (χ2n) is 1.86. The van der Waals surface area contributed by atoms with Gasteiger partial charge in [0.1, 0.15) is 0 Å². The van der Waals surface area contributed by atoms with Gasteiger partial charge in [0.05, 0.1) is 0 Å². The molecule has 0 aliphatic carbocycles. The molecule has 0 heterocycles. The molecule has 3 heteroatoms. The Balaban J connectivity index is 0. The van der Waals surface area contributed by atoms with E-state index in [1.807, 2.05) is 0 Å². The number of rotatable bonds is 2. The van der Waals surface area contributed by atoms with E-state index in [1.165, 1.54) is 6.08 Å². The second-order valence-corrected chi connectivity index (χ2v) is 2.23. The summed E-state index contributed by atoms with van der Waals surface area (Å²) >= 11 is 5.51. The predicted molar refractivity (Wildman–Crippen MR) is 42.3 cm³/mol. The fourth-order valence-electron chi connectivity index (χ4n) is 0.284. The van der Waals surface area contributed by atoms with Crippen molar-refractivity contribution >= 4 is 11.6 Å². The van der Waals surface area contributed by atoms with Crippen LogP contribution in [0, 0.1) is 6.08 Å². The smallest absolute Gasteiger partial charge is 0.00924 e. The summed E-state index contributed by atoms with van der Waals surface area (Å²) in [6.45, 7) is 6.78. The van der Waals surface area contributed by atoms with Gasteiger partial charge in [0, 0.05) is 26.2 Å². The van der Waals surface area contributed by atoms with Gasteiger partial charge in [-0.1, -0.05) is 18.9 Å². The van der Waals surface area contributed by atoms with Crippen molar-refractivity contribution in [2.45, 2.75) is 13.8 Å². The van der Waals surface area contributed by atoms with Gasteiger partial charge in [-0.15, -0.1) is 35.9 Å². The van der Waals surface area contributed by atoms with Gasteiger partial charge in [-0.05, 0) is 0 Å². The van der Waals surface area contributed by atoms with E-state index in [4.69, 9.17) is 11.6 Å². The molecule has 0 bridgehead atoms. The fourth-order valence-corrected chi connectivity index (χ4v) is 0.374. The molecule has 0 aromatic heterocycles. The summed E-state index contributed by atoms with van der Waals surface area (Å²) in [5.41, 5.74) is 0.610. The maximum absolute atomic E-state index is 12.3. The molecular weight excluding hydrogens is 337 g/mol. The molecule has 0 atom stereocenters. The van der Waals surface area contributed by atoms with Gasteiger partial charge in [-0.3, -0.25) is 0 Å². The Morgan fingerprint density at radius 1 is 1.64 bits per heavy atom. The van der Waals surface area contributed by atoms with Crippen LogP contribution in [0.15, 0.2) is 29.1 Å². The molecule has 0 aliphatic heterocycles. The molecule has 0 amide bonds. The molecule has 1 radical (unpaired) electrons. The van der Waals surface area contributed by atoms with Crippen molar-refractivity contribution in [1.29, 1.82) is 0 Å². The van der Waals surface area contributed by atoms with Crippen LogP contribution in [0.4, 0.5) is 4.39 Å². The van der Waals surface area contributed by atoms with Gasteiger partial charge >= 0.3 is 0 Å². The number of halogens is 2. The van der Waals surface area contributed by atoms with Crippen LogP contribution in [0.3, 0.4) is 0 Å². The van der Waals surface area contributed by atoms with Crippen LogP contribution in [-0.4, -0.2) is 0 Å². The molecule has 0 aromatic rings. The SMILES string of the molecule is C=C(C)C(Cl)=[C-]/C(F)=C\C.[Re]. The third-order valence-electron chi connectivity index (χ3n) is 0.857. The van der Waals surface area contributed by atoms with Gasteiger partial charge in [-0.25, -0.2) is 4.39 Å². The van der Waals surface area contributed by atoms with E-state index in [9.17, 15) is 4.39 Å². The van der Waals surface area contributed by atoms with Crippen molar-refractivity contribution in [2.24, 2.45) is 0 Å². The summed E-state index contributed by atoms with van der Waals surface area (Å²) in [4.78, 5) is 0. The number of allylic oxidation sites excluding steroid dienone is 5. The van der Waals surface area contributed by atoms with Crippen LogP contribution in [0.1, 0.15) is 13.8 Å². The molecule has 0 unspecified atom stereocenters. The zero-order valence-electron chi connectivity index (χ0n) is 6.42. The molecule has 0 aromatic carbocycles. The van der Waals surface area contributed by atoms with E-state index in [0.717, 1.165) is 0 Å². The number of hydrogen-bond acceptors (Lipinski definition) is 0. The van der Waals surface area contributed by atoms with Crippen molar-refractivity contribution < 1.29 is 24.8 Å². The largest absolute Gasteiger partial charge is 0.236 e. The Hall–Kier alpha value is 0.102. The van der Waals surface area contributed by atoms with Crippen molar-refractivity contribution in [1.82, 2.24) is 0 Å². The minimum absolute atomic E-state index is 0. The fraction of sp³-hybridized carbons (Fsp3) is 0.250. The zero-order valence-corrected chi connectivity index (χ0v) is 9.89. The molecule has 0 N–H and O–H groups in total. The first-order valence-corrected chi connectivity index (χ1v) is 3.23. The summed E-state index contributed by atoms with van der Waals surface area (Å²) in [6.07, 6.45) is 3.59. The molecule has 0 rings (SSSR count). The minimum Gasteiger partial charge on any atom is -0.236 e. The Bertz CT molecular complexity index is 194. The van der Waals surface area contributed by atoms with E-state index in [0.29, 0.717) is 5.57 Å². The molecule has 0 aliphatic rings. The van der Waals surface area contributed by atoms with Crippen LogP contribution in [-0.2, 0) is 20.4 Å². The molecule has 0 saturated heterocycles. The van der Waals surface area contributed by atoms with Gasteiger partial charge in [0.2, 0.25) is 0 Å². The maximum atomic E-state index is 12.3. The standard InChI is InChI=1S/C8H9ClF.Re/c1-4-7(10)5-8(9)6(2)3;/h4H,2H2,1,3H3;/q-1;/b7-4+;. The Morgan fingerprint density at radius 3 is 2.36 bits per heavy atom. The third kappa shape index (κ3) is 6.50. The van der Waals surface area contributed by atoms with Gasteiger partial charge < -0.3 is 0 Å². The summed E-state index contributed by atoms with van der Waals surface area (Å²) < 4.78 is 12.3.